The molecule has 9 heteroatoms. The molecule has 1 N–H and O–H groups in total. The SMILES string of the molecule is [C-]#[N+]c1c(N2CCC3(CC2)CN(C(=O)C=C)C3)ccc(C(F)(F)F)c1-c1c(C)ccc2[nH]ncc12. The van der Waals surface area contributed by atoms with E-state index in [0.717, 1.165) is 18.9 Å². The summed E-state index contributed by atoms with van der Waals surface area (Å²) in [4.78, 5) is 19.3. The number of benzene rings is 2. The van der Waals surface area contributed by atoms with Gasteiger partial charge in [-0.1, -0.05) is 12.6 Å². The maximum Gasteiger partial charge on any atom is 0.415 e. The number of aromatic nitrogens is 2. The lowest BCUT2D eigenvalue weighted by molar-refractivity contribution is -0.139. The first-order valence-electron chi connectivity index (χ1n) is 11.4. The largest absolute Gasteiger partial charge is 0.415 e. The van der Waals surface area contributed by atoms with Gasteiger partial charge in [-0.2, -0.15) is 18.3 Å². The highest BCUT2D eigenvalue weighted by Crippen LogP contribution is 2.50. The number of hydrogen-bond acceptors (Lipinski definition) is 3. The first kappa shape index (κ1) is 23.0. The molecule has 0 saturated carbocycles. The van der Waals surface area contributed by atoms with Crippen LogP contribution in [-0.4, -0.2) is 47.2 Å². The maximum atomic E-state index is 14.2. The van der Waals surface area contributed by atoms with Crippen LogP contribution in [0.25, 0.3) is 26.9 Å². The number of nitrogens with one attached hydrogen (secondary N) is 1. The van der Waals surface area contributed by atoms with Gasteiger partial charge in [-0.25, -0.2) is 4.85 Å². The Hall–Kier alpha value is -3.80. The number of aromatic amines is 1. The van der Waals surface area contributed by atoms with E-state index in [0.29, 0.717) is 53.9 Å². The fraction of sp³-hybridized carbons (Fsp3) is 0.346. The summed E-state index contributed by atoms with van der Waals surface area (Å²) >= 11 is 0. The number of H-pyrrole nitrogens is 1. The molecule has 1 amide bonds. The Morgan fingerprint density at radius 2 is 1.91 bits per heavy atom. The van der Waals surface area contributed by atoms with Crippen molar-refractivity contribution in [1.82, 2.24) is 15.1 Å². The van der Waals surface area contributed by atoms with E-state index >= 15 is 0 Å². The highest BCUT2D eigenvalue weighted by molar-refractivity contribution is 6.03. The summed E-state index contributed by atoms with van der Waals surface area (Å²) in [6.45, 7) is 15.7. The van der Waals surface area contributed by atoms with Gasteiger partial charge in [-0.05, 0) is 55.2 Å². The highest BCUT2D eigenvalue weighted by atomic mass is 19.4. The first-order valence-corrected chi connectivity index (χ1v) is 11.4. The van der Waals surface area contributed by atoms with Crippen molar-refractivity contribution in [2.45, 2.75) is 25.9 Å². The Balaban J connectivity index is 1.56. The van der Waals surface area contributed by atoms with E-state index in [4.69, 9.17) is 6.57 Å². The lowest BCUT2D eigenvalue weighted by Crippen LogP contribution is -2.61. The van der Waals surface area contributed by atoms with E-state index in [-0.39, 0.29) is 22.6 Å². The van der Waals surface area contributed by atoms with Crippen molar-refractivity contribution in [3.05, 3.63) is 65.7 Å². The molecule has 0 aliphatic carbocycles. The molecular weight excluding hydrogens is 455 g/mol. The zero-order chi connectivity index (χ0) is 25.0. The van der Waals surface area contributed by atoms with Crippen LogP contribution >= 0.6 is 0 Å². The second-order valence-electron chi connectivity index (χ2n) is 9.44. The van der Waals surface area contributed by atoms with Crippen LogP contribution in [0.1, 0.15) is 24.0 Å². The number of halogens is 3. The summed E-state index contributed by atoms with van der Waals surface area (Å²) in [7, 11) is 0. The lowest BCUT2D eigenvalue weighted by atomic mass is 9.72. The topological polar surface area (TPSA) is 56.6 Å². The van der Waals surface area contributed by atoms with Crippen molar-refractivity contribution < 1.29 is 18.0 Å². The van der Waals surface area contributed by atoms with Crippen LogP contribution in [0.2, 0.25) is 0 Å². The van der Waals surface area contributed by atoms with Crippen LogP contribution in [0.4, 0.5) is 24.5 Å². The maximum absolute atomic E-state index is 14.2. The number of carbonyl (C=O) groups excluding carboxylic acids is 1. The van der Waals surface area contributed by atoms with E-state index in [1.807, 2.05) is 4.90 Å². The zero-order valence-corrected chi connectivity index (χ0v) is 19.2. The number of rotatable bonds is 3. The predicted molar refractivity (Wildman–Crippen MR) is 128 cm³/mol. The van der Waals surface area contributed by atoms with Crippen LogP contribution in [0.5, 0.6) is 0 Å². The Kier molecular flexibility index (Phi) is 5.35. The standard InChI is InChI=1S/C26H24F3N5O/c1-4-21(35)34-14-25(15-34)9-11-33(12-10-25)20-8-6-18(26(27,28)29)23(24(20)30-3)22-16(2)5-7-19-17(22)13-31-32-19/h4-8,13H,1,9-12,14-15H2,2H3,(H,31,32). The molecule has 6 nitrogen and oxygen atoms in total. The summed E-state index contributed by atoms with van der Waals surface area (Å²) in [5.41, 5.74) is 1.26. The third kappa shape index (κ3) is 3.73. The molecule has 2 saturated heterocycles. The normalized spacial score (nSPS) is 17.3. The van der Waals surface area contributed by atoms with E-state index in [1.54, 1.807) is 24.0 Å². The minimum atomic E-state index is -4.62. The van der Waals surface area contributed by atoms with E-state index < -0.39 is 11.7 Å². The highest BCUT2D eigenvalue weighted by Gasteiger charge is 2.46. The Labute approximate surface area is 200 Å². The summed E-state index contributed by atoms with van der Waals surface area (Å²) in [6.07, 6.45) is -0.188. The van der Waals surface area contributed by atoms with E-state index in [1.165, 1.54) is 18.3 Å². The van der Waals surface area contributed by atoms with Crippen LogP contribution < -0.4 is 4.90 Å². The molecule has 2 aromatic carbocycles. The second kappa shape index (κ2) is 8.15. The van der Waals surface area contributed by atoms with Crippen LogP contribution in [0.3, 0.4) is 0 Å². The summed E-state index contributed by atoms with van der Waals surface area (Å²) < 4.78 is 42.6. The molecule has 0 bridgehead atoms. The number of carbonyl (C=O) groups is 1. The van der Waals surface area contributed by atoms with Gasteiger partial charge in [0, 0.05) is 48.2 Å². The number of fused-ring (bicyclic) bond motifs is 1. The predicted octanol–water partition coefficient (Wildman–Crippen LogP) is 5.72. The first-order chi connectivity index (χ1) is 16.7. The number of alkyl halides is 3. The van der Waals surface area contributed by atoms with Crippen LogP contribution in [0, 0.1) is 18.9 Å². The molecule has 180 valence electrons. The number of anilines is 1. The molecule has 2 fully saturated rings. The van der Waals surface area contributed by atoms with Crippen molar-refractivity contribution in [3.63, 3.8) is 0 Å². The van der Waals surface area contributed by atoms with Crippen molar-refractivity contribution in [1.29, 1.82) is 0 Å². The molecule has 3 aromatic rings. The van der Waals surface area contributed by atoms with Gasteiger partial charge in [-0.15, -0.1) is 0 Å². The smallest absolute Gasteiger partial charge is 0.380 e. The van der Waals surface area contributed by atoms with Gasteiger partial charge in [0.25, 0.3) is 0 Å². The number of aryl methyl sites for hydroxylation is 1. The van der Waals surface area contributed by atoms with E-state index in [2.05, 4.69) is 21.6 Å². The fourth-order valence-corrected chi connectivity index (χ4v) is 5.48. The minimum Gasteiger partial charge on any atom is -0.380 e. The van der Waals surface area contributed by atoms with Gasteiger partial charge in [0.2, 0.25) is 11.6 Å². The third-order valence-electron chi connectivity index (χ3n) is 7.36. The molecule has 2 aliphatic rings. The summed E-state index contributed by atoms with van der Waals surface area (Å²) in [5.74, 6) is -0.0791. The molecule has 1 spiro atoms. The van der Waals surface area contributed by atoms with Gasteiger partial charge >= 0.3 is 6.18 Å². The number of nitrogens with zero attached hydrogens (tertiary/aromatic N) is 4. The molecule has 1 aromatic heterocycles. The van der Waals surface area contributed by atoms with E-state index in [9.17, 15) is 18.0 Å². The number of hydrogen-bond donors (Lipinski definition) is 1. The van der Waals surface area contributed by atoms with Crippen molar-refractivity contribution in [3.8, 4) is 11.1 Å². The molecular formula is C26H24F3N5O. The van der Waals surface area contributed by atoms with Crippen LogP contribution in [0.15, 0.2) is 43.1 Å². The summed E-state index contributed by atoms with van der Waals surface area (Å²) in [6, 6.07) is 6.04. The zero-order valence-electron chi connectivity index (χ0n) is 19.2. The van der Waals surface area contributed by atoms with Crippen LogP contribution in [-0.2, 0) is 11.0 Å². The third-order valence-corrected chi connectivity index (χ3v) is 7.36. The number of likely N-dealkylation sites (tertiary alicyclic amines) is 1. The fourth-order valence-electron chi connectivity index (χ4n) is 5.48. The number of amides is 1. The number of piperidine rings is 1. The van der Waals surface area contributed by atoms with Gasteiger partial charge in [0.05, 0.1) is 23.8 Å². The Morgan fingerprint density at radius 1 is 1.20 bits per heavy atom. The van der Waals surface area contributed by atoms with Crippen molar-refractivity contribution in [2.24, 2.45) is 5.41 Å². The molecule has 3 heterocycles. The molecule has 0 radical (unpaired) electrons. The molecule has 2 aliphatic heterocycles. The minimum absolute atomic E-state index is 0.00430. The Morgan fingerprint density at radius 3 is 2.54 bits per heavy atom. The average Bonchev–Trinajstić information content (AvgIpc) is 3.29. The van der Waals surface area contributed by atoms with Gasteiger partial charge in [0.15, 0.2) is 0 Å². The molecule has 0 atom stereocenters. The molecule has 5 rings (SSSR count). The molecule has 0 unspecified atom stereocenters. The quantitative estimate of drug-likeness (QED) is 0.386. The molecule has 35 heavy (non-hydrogen) atoms. The van der Waals surface area contributed by atoms with Crippen molar-refractivity contribution >= 4 is 28.2 Å². The van der Waals surface area contributed by atoms with Gasteiger partial charge in [0.1, 0.15) is 0 Å². The monoisotopic (exact) mass is 479 g/mol. The second-order valence-corrected chi connectivity index (χ2v) is 9.44. The summed E-state index contributed by atoms with van der Waals surface area (Å²) in [5, 5.41) is 7.38. The average molecular weight is 480 g/mol. The Bertz CT molecular complexity index is 1370. The lowest BCUT2D eigenvalue weighted by Gasteiger charge is -2.54. The van der Waals surface area contributed by atoms with Gasteiger partial charge < -0.3 is 9.80 Å². The van der Waals surface area contributed by atoms with Crippen molar-refractivity contribution in [2.75, 3.05) is 31.1 Å². The van der Waals surface area contributed by atoms with Gasteiger partial charge in [-0.3, -0.25) is 9.89 Å².